The molecule has 0 aliphatic rings. The number of nitrogens with zero attached hydrogens (tertiary/aromatic N) is 2. The number of aromatic nitrogens is 2. The number of anilines is 1. The molecule has 28 heavy (non-hydrogen) atoms. The van der Waals surface area contributed by atoms with Crippen molar-refractivity contribution in [1.29, 1.82) is 0 Å². The lowest BCUT2D eigenvalue weighted by molar-refractivity contribution is -0.116. The maximum atomic E-state index is 13.3. The number of rotatable bonds is 5. The summed E-state index contributed by atoms with van der Waals surface area (Å²) in [5, 5.41) is 3.27. The fourth-order valence-corrected chi connectivity index (χ4v) is 3.27. The molecule has 146 valence electrons. The topological polar surface area (TPSA) is 64.0 Å². The zero-order valence-electron chi connectivity index (χ0n) is 16.5. The minimum atomic E-state index is -0.457. The molecule has 1 amide bonds. The van der Waals surface area contributed by atoms with E-state index < -0.39 is 5.82 Å². The fourth-order valence-electron chi connectivity index (χ4n) is 3.27. The van der Waals surface area contributed by atoms with Gasteiger partial charge >= 0.3 is 0 Å². The van der Waals surface area contributed by atoms with E-state index in [9.17, 15) is 14.0 Å². The number of carbonyl (C=O) groups is 1. The maximum Gasteiger partial charge on any atom is 0.261 e. The summed E-state index contributed by atoms with van der Waals surface area (Å²) in [5.74, 6) is -0.273. The van der Waals surface area contributed by atoms with Crippen LogP contribution in [0.1, 0.15) is 50.7 Å². The maximum absolute atomic E-state index is 13.3. The van der Waals surface area contributed by atoms with Crippen LogP contribution in [-0.4, -0.2) is 15.5 Å². The molecule has 0 atom stereocenters. The van der Waals surface area contributed by atoms with Crippen molar-refractivity contribution in [3.63, 3.8) is 0 Å². The van der Waals surface area contributed by atoms with Gasteiger partial charge in [-0.3, -0.25) is 14.2 Å². The largest absolute Gasteiger partial charge is 0.324 e. The Morgan fingerprint density at radius 2 is 1.75 bits per heavy atom. The molecule has 0 aliphatic carbocycles. The molecule has 1 aromatic heterocycles. The van der Waals surface area contributed by atoms with E-state index in [1.807, 2.05) is 18.2 Å². The van der Waals surface area contributed by atoms with Crippen LogP contribution in [-0.2, 0) is 11.3 Å². The van der Waals surface area contributed by atoms with Crippen LogP contribution < -0.4 is 10.9 Å². The fraction of sp³-hybridized carbons (Fsp3) is 0.318. The average Bonchev–Trinajstić information content (AvgIpc) is 2.63. The third kappa shape index (κ3) is 3.96. The number of benzene rings is 2. The van der Waals surface area contributed by atoms with Crippen LogP contribution in [0.4, 0.5) is 10.1 Å². The highest BCUT2D eigenvalue weighted by Gasteiger charge is 2.17. The molecule has 0 unspecified atom stereocenters. The molecule has 0 fully saturated rings. The van der Waals surface area contributed by atoms with Gasteiger partial charge in [0.15, 0.2) is 0 Å². The molecular formula is C22H24FN3O2. The summed E-state index contributed by atoms with van der Waals surface area (Å²) in [6, 6.07) is 9.81. The predicted molar refractivity (Wildman–Crippen MR) is 109 cm³/mol. The van der Waals surface area contributed by atoms with Gasteiger partial charge in [0.05, 0.1) is 17.2 Å². The lowest BCUT2D eigenvalue weighted by atomic mass is 9.92. The van der Waals surface area contributed by atoms with Gasteiger partial charge in [-0.05, 0) is 35.1 Å². The first-order valence-electron chi connectivity index (χ1n) is 9.35. The summed E-state index contributed by atoms with van der Waals surface area (Å²) in [6.07, 6.45) is 1.28. The van der Waals surface area contributed by atoms with Gasteiger partial charge in [0.1, 0.15) is 12.4 Å². The van der Waals surface area contributed by atoms with E-state index in [4.69, 9.17) is 0 Å². The smallest absolute Gasteiger partial charge is 0.261 e. The number of hydrogen-bond donors (Lipinski definition) is 1. The summed E-state index contributed by atoms with van der Waals surface area (Å²) in [5.41, 5.74) is 2.81. The first-order chi connectivity index (χ1) is 13.3. The predicted octanol–water partition coefficient (Wildman–Crippen LogP) is 4.42. The molecule has 0 saturated carbocycles. The molecule has 0 aliphatic heterocycles. The van der Waals surface area contributed by atoms with Crippen molar-refractivity contribution in [2.45, 2.75) is 46.1 Å². The van der Waals surface area contributed by atoms with E-state index in [0.717, 1.165) is 16.8 Å². The van der Waals surface area contributed by atoms with Gasteiger partial charge in [0.2, 0.25) is 5.91 Å². The molecule has 2 aromatic carbocycles. The summed E-state index contributed by atoms with van der Waals surface area (Å²) in [7, 11) is 0. The lowest BCUT2D eigenvalue weighted by Crippen LogP contribution is -2.28. The van der Waals surface area contributed by atoms with Crippen LogP contribution in [0.5, 0.6) is 0 Å². The number of amides is 1. The van der Waals surface area contributed by atoms with Gasteiger partial charge in [-0.2, -0.15) is 0 Å². The number of carbonyl (C=O) groups excluding carboxylic acids is 1. The van der Waals surface area contributed by atoms with Crippen molar-refractivity contribution in [2.24, 2.45) is 0 Å². The summed E-state index contributed by atoms with van der Waals surface area (Å²) in [4.78, 5) is 29.4. The third-order valence-corrected chi connectivity index (χ3v) is 4.74. The van der Waals surface area contributed by atoms with Crippen molar-refractivity contribution >= 4 is 22.5 Å². The summed E-state index contributed by atoms with van der Waals surface area (Å²) in [6.45, 7) is 8.14. The van der Waals surface area contributed by atoms with Crippen LogP contribution in [0, 0.1) is 5.82 Å². The molecule has 5 nitrogen and oxygen atoms in total. The first-order valence-corrected chi connectivity index (χ1v) is 9.35. The van der Waals surface area contributed by atoms with Gasteiger partial charge in [-0.25, -0.2) is 9.37 Å². The molecule has 3 rings (SSSR count). The molecule has 1 heterocycles. The van der Waals surface area contributed by atoms with Crippen molar-refractivity contribution in [1.82, 2.24) is 9.55 Å². The molecule has 3 aromatic rings. The second-order valence-electron chi connectivity index (χ2n) is 7.51. The monoisotopic (exact) mass is 381 g/mol. The highest BCUT2D eigenvalue weighted by atomic mass is 19.1. The van der Waals surface area contributed by atoms with Crippen molar-refractivity contribution < 1.29 is 9.18 Å². The van der Waals surface area contributed by atoms with Gasteiger partial charge in [-0.15, -0.1) is 0 Å². The second-order valence-corrected chi connectivity index (χ2v) is 7.51. The van der Waals surface area contributed by atoms with Crippen molar-refractivity contribution in [2.75, 3.05) is 5.32 Å². The minimum Gasteiger partial charge on any atom is -0.324 e. The number of halogens is 1. The Labute approximate surface area is 163 Å². The number of nitrogens with one attached hydrogen (secondary N) is 1. The number of hydrogen-bond acceptors (Lipinski definition) is 3. The Kier molecular flexibility index (Phi) is 5.58. The van der Waals surface area contributed by atoms with Gasteiger partial charge in [0.25, 0.3) is 5.56 Å². The van der Waals surface area contributed by atoms with Crippen LogP contribution in [0.15, 0.2) is 47.5 Å². The Bertz CT molecular complexity index is 1060. The third-order valence-electron chi connectivity index (χ3n) is 4.74. The second kappa shape index (κ2) is 7.92. The molecule has 0 bridgehead atoms. The normalized spacial score (nSPS) is 11.4. The molecule has 0 spiro atoms. The van der Waals surface area contributed by atoms with Crippen LogP contribution in [0.25, 0.3) is 10.9 Å². The van der Waals surface area contributed by atoms with E-state index in [2.05, 4.69) is 38.0 Å². The standard InChI is InChI=1S/C22H24FN3O2/c1-13(2)16-6-5-7-17(14(3)4)21(16)25-20(27)11-26-12-24-19-10-15(23)8-9-18(19)22(26)28/h5-10,12-14H,11H2,1-4H3,(H,25,27). The van der Waals surface area contributed by atoms with Crippen LogP contribution in [0.2, 0.25) is 0 Å². The SMILES string of the molecule is CC(C)c1cccc(C(C)C)c1NC(=O)Cn1cnc2cc(F)ccc2c1=O. The van der Waals surface area contributed by atoms with Gasteiger partial charge in [0, 0.05) is 11.8 Å². The molecule has 0 radical (unpaired) electrons. The number of para-hydroxylation sites is 1. The number of fused-ring (bicyclic) bond motifs is 1. The molecule has 1 N–H and O–H groups in total. The zero-order valence-corrected chi connectivity index (χ0v) is 16.5. The van der Waals surface area contributed by atoms with Crippen molar-refractivity contribution in [3.8, 4) is 0 Å². The first kappa shape index (κ1) is 19.7. The van der Waals surface area contributed by atoms with E-state index in [1.54, 1.807) is 0 Å². The van der Waals surface area contributed by atoms with Gasteiger partial charge in [-0.1, -0.05) is 45.9 Å². The molecular weight excluding hydrogens is 357 g/mol. The van der Waals surface area contributed by atoms with E-state index in [0.29, 0.717) is 0 Å². The van der Waals surface area contributed by atoms with E-state index >= 15 is 0 Å². The Morgan fingerprint density at radius 1 is 1.11 bits per heavy atom. The quantitative estimate of drug-likeness (QED) is 0.711. The van der Waals surface area contributed by atoms with E-state index in [1.165, 1.54) is 29.1 Å². The van der Waals surface area contributed by atoms with Crippen LogP contribution >= 0.6 is 0 Å². The minimum absolute atomic E-state index is 0.164. The zero-order chi connectivity index (χ0) is 20.4. The Hall–Kier alpha value is -3.02. The van der Waals surface area contributed by atoms with Crippen molar-refractivity contribution in [3.05, 3.63) is 70.0 Å². The summed E-state index contributed by atoms with van der Waals surface area (Å²) >= 11 is 0. The average molecular weight is 381 g/mol. The van der Waals surface area contributed by atoms with Crippen LogP contribution in [0.3, 0.4) is 0 Å². The summed E-state index contributed by atoms with van der Waals surface area (Å²) < 4.78 is 14.6. The molecule has 0 saturated heterocycles. The van der Waals surface area contributed by atoms with E-state index in [-0.39, 0.29) is 40.7 Å². The Balaban J connectivity index is 1.91. The molecule has 6 heteroatoms. The highest BCUT2D eigenvalue weighted by molar-refractivity contribution is 5.92. The lowest BCUT2D eigenvalue weighted by Gasteiger charge is -2.20. The van der Waals surface area contributed by atoms with Gasteiger partial charge < -0.3 is 5.32 Å². The highest BCUT2D eigenvalue weighted by Crippen LogP contribution is 2.32. The Morgan fingerprint density at radius 3 is 2.36 bits per heavy atom.